The lowest BCUT2D eigenvalue weighted by Crippen LogP contribution is -2.33. The number of aromatic hydroxyl groups is 1. The molecule has 1 aliphatic rings. The summed E-state index contributed by atoms with van der Waals surface area (Å²) < 4.78 is 2.34. The highest BCUT2D eigenvalue weighted by atomic mass is 32.2. The van der Waals surface area contributed by atoms with E-state index in [1.165, 1.54) is 4.91 Å². The van der Waals surface area contributed by atoms with Crippen LogP contribution in [0, 0.1) is 0 Å². The summed E-state index contributed by atoms with van der Waals surface area (Å²) in [6.07, 6.45) is 2.21. The Labute approximate surface area is 101 Å². The normalized spacial score (nSPS) is 17.6. The molecular weight excluding hydrogens is 218 g/mol. The van der Waals surface area contributed by atoms with E-state index < -0.39 is 0 Å². The first kappa shape index (κ1) is 11.6. The third-order valence-corrected chi connectivity index (χ3v) is 4.05. The first-order valence-electron chi connectivity index (χ1n) is 5.42. The summed E-state index contributed by atoms with van der Waals surface area (Å²) in [7, 11) is 0. The van der Waals surface area contributed by atoms with Gasteiger partial charge >= 0.3 is 0 Å². The lowest BCUT2D eigenvalue weighted by Gasteiger charge is -2.30. The number of hydrogen-bond donors (Lipinski definition) is 1. The second-order valence-electron chi connectivity index (χ2n) is 4.94. The topological polar surface area (TPSA) is 23.5 Å². The van der Waals surface area contributed by atoms with Crippen LogP contribution in [0.15, 0.2) is 30.3 Å². The smallest absolute Gasteiger partial charge is 0.116 e. The monoisotopic (exact) mass is 235 g/mol. The Morgan fingerprint density at radius 3 is 2.62 bits per heavy atom. The maximum atomic E-state index is 9.45. The summed E-state index contributed by atoms with van der Waals surface area (Å²) in [4.78, 5) is 1.23. The van der Waals surface area contributed by atoms with Crippen LogP contribution in [-0.4, -0.2) is 21.5 Å². The Hall–Kier alpha value is -0.930. The highest BCUT2D eigenvalue weighted by molar-refractivity contribution is 8.06. The predicted molar refractivity (Wildman–Crippen MR) is 70.1 cm³/mol. The van der Waals surface area contributed by atoms with Gasteiger partial charge in [-0.05, 0) is 50.4 Å². The van der Waals surface area contributed by atoms with Gasteiger partial charge in [-0.2, -0.15) is 0 Å². The van der Waals surface area contributed by atoms with Crippen LogP contribution in [0.4, 0.5) is 0 Å². The molecule has 0 bridgehead atoms. The predicted octanol–water partition coefficient (Wildman–Crippen LogP) is 3.50. The number of phenolic OH excluding ortho intramolecular Hbond substituents is 1. The third-order valence-electron chi connectivity index (χ3n) is 2.53. The lowest BCUT2D eigenvalue weighted by atomic mass is 10.1. The van der Waals surface area contributed by atoms with Crippen LogP contribution in [-0.2, 0) is 0 Å². The van der Waals surface area contributed by atoms with Crippen molar-refractivity contribution >= 4 is 16.9 Å². The molecule has 0 aliphatic carbocycles. The molecule has 2 rings (SSSR count). The van der Waals surface area contributed by atoms with Gasteiger partial charge in [0.15, 0.2) is 0 Å². The number of phenols is 1. The van der Waals surface area contributed by atoms with Crippen molar-refractivity contribution in [3.63, 3.8) is 0 Å². The molecule has 1 aromatic rings. The molecule has 0 atom stereocenters. The van der Waals surface area contributed by atoms with Gasteiger partial charge in [0, 0.05) is 17.0 Å². The number of benzene rings is 1. The molecule has 0 amide bonds. The second-order valence-corrected chi connectivity index (χ2v) is 6.01. The van der Waals surface area contributed by atoms with Crippen molar-refractivity contribution in [2.75, 3.05) is 6.54 Å². The van der Waals surface area contributed by atoms with Gasteiger partial charge in [-0.15, -0.1) is 0 Å². The molecule has 0 aromatic heterocycles. The van der Waals surface area contributed by atoms with E-state index in [0.29, 0.717) is 5.75 Å². The van der Waals surface area contributed by atoms with Crippen molar-refractivity contribution in [1.82, 2.24) is 4.31 Å². The minimum atomic E-state index is 0.166. The second kappa shape index (κ2) is 4.15. The molecule has 1 aromatic carbocycles. The van der Waals surface area contributed by atoms with Crippen LogP contribution < -0.4 is 0 Å². The Morgan fingerprint density at radius 2 is 2.06 bits per heavy atom. The first-order chi connectivity index (χ1) is 7.47. The number of hydrogen-bond acceptors (Lipinski definition) is 3. The van der Waals surface area contributed by atoms with Crippen molar-refractivity contribution in [3.05, 3.63) is 35.9 Å². The van der Waals surface area contributed by atoms with Crippen LogP contribution in [0.1, 0.15) is 26.3 Å². The molecular formula is C13H17NOS. The van der Waals surface area contributed by atoms with Crippen molar-refractivity contribution in [2.24, 2.45) is 0 Å². The lowest BCUT2D eigenvalue weighted by molar-refractivity contribution is 0.301. The summed E-state index contributed by atoms with van der Waals surface area (Å²) in [5.74, 6) is 0.327. The van der Waals surface area contributed by atoms with Gasteiger partial charge in [-0.25, -0.2) is 4.31 Å². The molecule has 0 unspecified atom stereocenters. The molecule has 0 saturated heterocycles. The largest absolute Gasteiger partial charge is 0.508 e. The quantitative estimate of drug-likeness (QED) is 0.754. The molecule has 1 N–H and O–H groups in total. The van der Waals surface area contributed by atoms with Gasteiger partial charge in [-0.3, -0.25) is 0 Å². The molecule has 86 valence electrons. The van der Waals surface area contributed by atoms with E-state index in [1.54, 1.807) is 18.0 Å². The molecule has 2 nitrogen and oxygen atoms in total. The first-order valence-corrected chi connectivity index (χ1v) is 6.19. The van der Waals surface area contributed by atoms with Gasteiger partial charge in [0.1, 0.15) is 5.75 Å². The average molecular weight is 235 g/mol. The fraction of sp³-hybridized carbons (Fsp3) is 0.385. The SMILES string of the molecule is CC(C)(C)N1CC=C(c2cccc(O)c2)S1. The molecule has 0 saturated carbocycles. The minimum absolute atomic E-state index is 0.166. The summed E-state index contributed by atoms with van der Waals surface area (Å²) in [6, 6.07) is 7.42. The third kappa shape index (κ3) is 2.42. The summed E-state index contributed by atoms with van der Waals surface area (Å²) in [5.41, 5.74) is 1.26. The summed E-state index contributed by atoms with van der Waals surface area (Å²) in [6.45, 7) is 7.58. The Bertz CT molecular complexity index is 420. The molecule has 0 radical (unpaired) electrons. The average Bonchev–Trinajstić information content (AvgIpc) is 2.65. The molecule has 0 spiro atoms. The number of nitrogens with zero attached hydrogens (tertiary/aromatic N) is 1. The van der Waals surface area contributed by atoms with E-state index in [1.807, 2.05) is 18.2 Å². The zero-order valence-electron chi connectivity index (χ0n) is 9.90. The summed E-state index contributed by atoms with van der Waals surface area (Å²) in [5, 5.41) is 9.45. The van der Waals surface area contributed by atoms with E-state index in [9.17, 15) is 5.11 Å². The fourth-order valence-corrected chi connectivity index (χ4v) is 2.64. The molecule has 3 heteroatoms. The highest BCUT2D eigenvalue weighted by Gasteiger charge is 2.26. The molecule has 1 aliphatic heterocycles. The van der Waals surface area contributed by atoms with Crippen molar-refractivity contribution in [2.45, 2.75) is 26.3 Å². The van der Waals surface area contributed by atoms with Gasteiger partial charge in [-0.1, -0.05) is 18.2 Å². The Balaban J connectivity index is 2.15. The van der Waals surface area contributed by atoms with Crippen LogP contribution in [0.3, 0.4) is 0 Å². The minimum Gasteiger partial charge on any atom is -0.508 e. The van der Waals surface area contributed by atoms with E-state index >= 15 is 0 Å². The maximum Gasteiger partial charge on any atom is 0.116 e. The molecule has 16 heavy (non-hydrogen) atoms. The van der Waals surface area contributed by atoms with Crippen LogP contribution in [0.25, 0.3) is 4.91 Å². The van der Waals surface area contributed by atoms with Crippen LogP contribution in [0.5, 0.6) is 5.75 Å². The van der Waals surface area contributed by atoms with Gasteiger partial charge < -0.3 is 5.11 Å². The van der Waals surface area contributed by atoms with Crippen LogP contribution in [0.2, 0.25) is 0 Å². The van der Waals surface area contributed by atoms with E-state index in [2.05, 4.69) is 31.2 Å². The standard InChI is InChI=1S/C13H17NOS/c1-13(2,3)14-8-7-12(16-14)10-5-4-6-11(15)9-10/h4-7,9,15H,8H2,1-3H3. The number of rotatable bonds is 1. The van der Waals surface area contributed by atoms with Gasteiger partial charge in [0.2, 0.25) is 0 Å². The summed E-state index contributed by atoms with van der Waals surface area (Å²) >= 11 is 1.76. The molecule has 0 fully saturated rings. The van der Waals surface area contributed by atoms with Crippen LogP contribution >= 0.6 is 11.9 Å². The molecule has 1 heterocycles. The zero-order valence-corrected chi connectivity index (χ0v) is 10.7. The van der Waals surface area contributed by atoms with Gasteiger partial charge in [0.05, 0.1) is 0 Å². The van der Waals surface area contributed by atoms with Crippen molar-refractivity contribution in [1.29, 1.82) is 0 Å². The van der Waals surface area contributed by atoms with Crippen molar-refractivity contribution < 1.29 is 5.11 Å². The zero-order chi connectivity index (χ0) is 11.8. The maximum absolute atomic E-state index is 9.45. The van der Waals surface area contributed by atoms with E-state index in [-0.39, 0.29) is 5.54 Å². The fourth-order valence-electron chi connectivity index (χ4n) is 1.60. The highest BCUT2D eigenvalue weighted by Crippen LogP contribution is 2.40. The van der Waals surface area contributed by atoms with E-state index in [0.717, 1.165) is 12.1 Å². The van der Waals surface area contributed by atoms with E-state index in [4.69, 9.17) is 0 Å². The Morgan fingerprint density at radius 1 is 1.31 bits per heavy atom. The van der Waals surface area contributed by atoms with Gasteiger partial charge in [0.25, 0.3) is 0 Å². The Kier molecular flexibility index (Phi) is 3.00. The van der Waals surface area contributed by atoms with Crippen molar-refractivity contribution in [3.8, 4) is 5.75 Å².